The Morgan fingerprint density at radius 3 is 2.14 bits per heavy atom. The van der Waals surface area contributed by atoms with E-state index in [1.165, 1.54) is 31.2 Å². The van der Waals surface area contributed by atoms with Gasteiger partial charge >= 0.3 is 5.97 Å². The van der Waals surface area contributed by atoms with Crippen LogP contribution in [-0.2, 0) is 19.4 Å². The number of ether oxygens (including phenoxy) is 1. The normalized spacial score (nSPS) is 18.6. The minimum absolute atomic E-state index is 0.0418. The Bertz CT molecular complexity index is 1010. The van der Waals surface area contributed by atoms with Crippen LogP contribution in [-0.4, -0.2) is 49.7 Å². The molecule has 152 valence electrons. The summed E-state index contributed by atoms with van der Waals surface area (Å²) in [7, 11) is -3.11. The van der Waals surface area contributed by atoms with E-state index in [0.717, 1.165) is 0 Å². The Labute approximate surface area is 169 Å². The van der Waals surface area contributed by atoms with E-state index >= 15 is 0 Å². The average molecular weight is 415 g/mol. The first-order chi connectivity index (χ1) is 13.7. The van der Waals surface area contributed by atoms with Gasteiger partial charge in [-0.15, -0.1) is 0 Å². The minimum Gasteiger partial charge on any atom is -0.449 e. The van der Waals surface area contributed by atoms with Crippen LogP contribution in [0.25, 0.3) is 0 Å². The lowest BCUT2D eigenvalue weighted by atomic mass is 10.0. The molecule has 1 aliphatic rings. The summed E-state index contributed by atoms with van der Waals surface area (Å²) in [5.41, 5.74) is 1.18. The SMILES string of the molecule is C[C@@H](OC(=O)c1ccc(C(=O)c2ccccc2)cc1)C(=O)N[C@@H]1CCS(=O)(=O)C1. The lowest BCUT2D eigenvalue weighted by Gasteiger charge is -2.16. The predicted octanol–water partition coefficient (Wildman–Crippen LogP) is 1.77. The first kappa shape index (κ1) is 20.7. The van der Waals surface area contributed by atoms with Crippen LogP contribution in [0.1, 0.15) is 39.6 Å². The van der Waals surface area contributed by atoms with Crippen molar-refractivity contribution in [1.29, 1.82) is 0 Å². The minimum atomic E-state index is -3.11. The summed E-state index contributed by atoms with van der Waals surface area (Å²) in [6, 6.07) is 14.3. The zero-order valence-electron chi connectivity index (χ0n) is 15.8. The van der Waals surface area contributed by atoms with Crippen molar-refractivity contribution in [1.82, 2.24) is 5.32 Å². The van der Waals surface area contributed by atoms with Gasteiger partial charge in [0.25, 0.3) is 5.91 Å². The summed E-state index contributed by atoms with van der Waals surface area (Å²) in [5, 5.41) is 2.59. The molecule has 7 nitrogen and oxygen atoms in total. The summed E-state index contributed by atoms with van der Waals surface area (Å²) in [5.74, 6) is -1.47. The molecule has 2 aromatic carbocycles. The summed E-state index contributed by atoms with van der Waals surface area (Å²) < 4.78 is 28.1. The van der Waals surface area contributed by atoms with Gasteiger partial charge in [-0.25, -0.2) is 13.2 Å². The molecule has 0 spiro atoms. The Balaban J connectivity index is 1.57. The second-order valence-electron chi connectivity index (χ2n) is 6.93. The predicted molar refractivity (Wildman–Crippen MR) is 106 cm³/mol. The van der Waals surface area contributed by atoms with Crippen molar-refractivity contribution >= 4 is 27.5 Å². The van der Waals surface area contributed by atoms with Crippen LogP contribution in [0.15, 0.2) is 54.6 Å². The molecule has 1 saturated heterocycles. The van der Waals surface area contributed by atoms with Gasteiger partial charge in [-0.05, 0) is 25.5 Å². The Morgan fingerprint density at radius 1 is 0.966 bits per heavy atom. The lowest BCUT2D eigenvalue weighted by molar-refractivity contribution is -0.129. The molecule has 1 amide bonds. The Morgan fingerprint density at radius 2 is 1.55 bits per heavy atom. The summed E-state index contributed by atoms with van der Waals surface area (Å²) in [6.45, 7) is 1.42. The van der Waals surface area contributed by atoms with Gasteiger partial charge in [0.05, 0.1) is 17.1 Å². The number of carbonyl (C=O) groups excluding carboxylic acids is 3. The summed E-state index contributed by atoms with van der Waals surface area (Å²) in [4.78, 5) is 36.8. The van der Waals surface area contributed by atoms with Gasteiger partial charge in [0.2, 0.25) is 0 Å². The quantitative estimate of drug-likeness (QED) is 0.569. The van der Waals surface area contributed by atoms with Gasteiger partial charge in [0.15, 0.2) is 21.7 Å². The highest BCUT2D eigenvalue weighted by molar-refractivity contribution is 7.91. The molecule has 1 fully saturated rings. The van der Waals surface area contributed by atoms with Gasteiger partial charge in [-0.3, -0.25) is 9.59 Å². The van der Waals surface area contributed by atoms with E-state index in [4.69, 9.17) is 4.74 Å². The number of benzene rings is 2. The van der Waals surface area contributed by atoms with Crippen LogP contribution < -0.4 is 5.32 Å². The van der Waals surface area contributed by atoms with Gasteiger partial charge in [-0.2, -0.15) is 0 Å². The average Bonchev–Trinajstić information content (AvgIpc) is 3.06. The first-order valence-corrected chi connectivity index (χ1v) is 11.0. The van der Waals surface area contributed by atoms with E-state index < -0.39 is 33.9 Å². The van der Waals surface area contributed by atoms with Gasteiger partial charge in [-0.1, -0.05) is 42.5 Å². The van der Waals surface area contributed by atoms with Gasteiger partial charge < -0.3 is 10.1 Å². The topological polar surface area (TPSA) is 107 Å². The second kappa shape index (κ2) is 8.57. The molecule has 0 unspecified atom stereocenters. The standard InChI is InChI=1S/C21H21NO6S/c1-14(20(24)22-18-11-12-29(26,27)13-18)28-21(25)17-9-7-16(8-10-17)19(23)15-5-3-2-4-6-15/h2-10,14,18H,11-13H2,1H3,(H,22,24)/t14-,18-/m1/s1. The molecule has 29 heavy (non-hydrogen) atoms. The van der Waals surface area contributed by atoms with Crippen molar-refractivity contribution in [2.24, 2.45) is 0 Å². The molecule has 3 rings (SSSR count). The highest BCUT2D eigenvalue weighted by Gasteiger charge is 2.30. The molecule has 0 radical (unpaired) electrons. The molecular formula is C21H21NO6S. The molecule has 1 N–H and O–H groups in total. The van der Waals surface area contributed by atoms with E-state index in [1.807, 2.05) is 6.07 Å². The molecule has 2 aromatic rings. The third kappa shape index (κ3) is 5.29. The Kier molecular flexibility index (Phi) is 6.12. The zero-order valence-corrected chi connectivity index (χ0v) is 16.6. The molecular weight excluding hydrogens is 394 g/mol. The third-order valence-corrected chi connectivity index (χ3v) is 6.42. The maximum atomic E-state index is 12.4. The van der Waals surface area contributed by atoms with E-state index in [9.17, 15) is 22.8 Å². The summed E-state index contributed by atoms with van der Waals surface area (Å²) in [6.07, 6.45) is -0.720. The highest BCUT2D eigenvalue weighted by Crippen LogP contribution is 2.14. The highest BCUT2D eigenvalue weighted by atomic mass is 32.2. The van der Waals surface area contributed by atoms with Crippen LogP contribution in [0.5, 0.6) is 0 Å². The molecule has 0 saturated carbocycles. The molecule has 0 bridgehead atoms. The van der Waals surface area contributed by atoms with E-state index in [-0.39, 0.29) is 22.9 Å². The molecule has 0 aromatic heterocycles. The fourth-order valence-electron chi connectivity index (χ4n) is 3.02. The van der Waals surface area contributed by atoms with Crippen LogP contribution in [0.2, 0.25) is 0 Å². The fraction of sp³-hybridized carbons (Fsp3) is 0.286. The van der Waals surface area contributed by atoms with E-state index in [0.29, 0.717) is 17.5 Å². The largest absolute Gasteiger partial charge is 0.449 e. The van der Waals surface area contributed by atoms with Crippen LogP contribution in [0, 0.1) is 0 Å². The van der Waals surface area contributed by atoms with E-state index in [2.05, 4.69) is 5.32 Å². The second-order valence-corrected chi connectivity index (χ2v) is 9.16. The molecule has 2 atom stereocenters. The van der Waals surface area contributed by atoms with Crippen LogP contribution >= 0.6 is 0 Å². The molecule has 1 heterocycles. The lowest BCUT2D eigenvalue weighted by Crippen LogP contribution is -2.42. The molecule has 1 aliphatic heterocycles. The number of sulfone groups is 1. The van der Waals surface area contributed by atoms with Crippen molar-refractivity contribution in [3.63, 3.8) is 0 Å². The zero-order chi connectivity index (χ0) is 21.0. The fourth-order valence-corrected chi connectivity index (χ4v) is 4.70. The maximum absolute atomic E-state index is 12.4. The van der Waals surface area contributed by atoms with Crippen molar-refractivity contribution < 1.29 is 27.5 Å². The van der Waals surface area contributed by atoms with Crippen LogP contribution in [0.3, 0.4) is 0 Å². The monoisotopic (exact) mass is 415 g/mol. The number of rotatable bonds is 6. The number of carbonyl (C=O) groups is 3. The van der Waals surface area contributed by atoms with Crippen molar-refractivity contribution in [3.05, 3.63) is 71.3 Å². The Hall–Kier alpha value is -3.00. The summed E-state index contributed by atoms with van der Waals surface area (Å²) >= 11 is 0. The molecule has 0 aliphatic carbocycles. The van der Waals surface area contributed by atoms with Crippen molar-refractivity contribution in [2.75, 3.05) is 11.5 Å². The maximum Gasteiger partial charge on any atom is 0.338 e. The smallest absolute Gasteiger partial charge is 0.338 e. The number of esters is 1. The van der Waals surface area contributed by atoms with Crippen LogP contribution in [0.4, 0.5) is 0 Å². The van der Waals surface area contributed by atoms with E-state index in [1.54, 1.807) is 24.3 Å². The number of ketones is 1. The number of hydrogen-bond donors (Lipinski definition) is 1. The number of amides is 1. The third-order valence-electron chi connectivity index (χ3n) is 4.65. The van der Waals surface area contributed by atoms with Gasteiger partial charge in [0.1, 0.15) is 0 Å². The number of nitrogens with one attached hydrogen (secondary N) is 1. The van der Waals surface area contributed by atoms with Crippen molar-refractivity contribution in [2.45, 2.75) is 25.5 Å². The first-order valence-electron chi connectivity index (χ1n) is 9.17. The molecule has 8 heteroatoms. The van der Waals surface area contributed by atoms with Gasteiger partial charge in [0, 0.05) is 17.2 Å². The van der Waals surface area contributed by atoms with Crippen molar-refractivity contribution in [3.8, 4) is 0 Å². The number of hydrogen-bond acceptors (Lipinski definition) is 6.